The van der Waals surface area contributed by atoms with Gasteiger partial charge in [-0.25, -0.2) is 4.98 Å². The van der Waals surface area contributed by atoms with Gasteiger partial charge < -0.3 is 4.90 Å². The standard InChI is InChI=1S/C20H17F3N2OS/c1-25(11-18-24-16-4-2-3-5-17(16)27-18)19(26)15-10-14(15)12-6-8-13(9-7-12)20(21,22)23/h2-9,14-15H,10-11H2,1H3. The first-order valence-corrected chi connectivity index (χ1v) is 9.41. The molecule has 0 bridgehead atoms. The summed E-state index contributed by atoms with van der Waals surface area (Å²) < 4.78 is 39.1. The second-order valence-electron chi connectivity index (χ2n) is 6.84. The van der Waals surface area contributed by atoms with Gasteiger partial charge in [-0.15, -0.1) is 11.3 Å². The summed E-state index contributed by atoms with van der Waals surface area (Å²) in [6, 6.07) is 13.0. The number of halogens is 3. The highest BCUT2D eigenvalue weighted by Crippen LogP contribution is 2.49. The summed E-state index contributed by atoms with van der Waals surface area (Å²) in [6.45, 7) is 0.439. The fourth-order valence-electron chi connectivity index (χ4n) is 3.31. The second kappa shape index (κ2) is 6.64. The van der Waals surface area contributed by atoms with E-state index in [-0.39, 0.29) is 17.7 Å². The SMILES string of the molecule is CN(Cc1nc2ccccc2s1)C(=O)C1CC1c1ccc(C(F)(F)F)cc1. The summed E-state index contributed by atoms with van der Waals surface area (Å²) in [5.74, 6) is -0.155. The zero-order chi connectivity index (χ0) is 19.2. The molecule has 1 heterocycles. The van der Waals surface area contributed by atoms with Crippen molar-refractivity contribution in [1.82, 2.24) is 9.88 Å². The lowest BCUT2D eigenvalue weighted by molar-refractivity contribution is -0.137. The van der Waals surface area contributed by atoms with Crippen LogP contribution < -0.4 is 0 Å². The van der Waals surface area contributed by atoms with E-state index in [1.165, 1.54) is 12.1 Å². The summed E-state index contributed by atoms with van der Waals surface area (Å²) in [5.41, 5.74) is 1.05. The Morgan fingerprint density at radius 2 is 1.89 bits per heavy atom. The van der Waals surface area contributed by atoms with E-state index < -0.39 is 11.7 Å². The molecule has 27 heavy (non-hydrogen) atoms. The monoisotopic (exact) mass is 390 g/mol. The number of carbonyl (C=O) groups is 1. The van der Waals surface area contributed by atoms with Crippen LogP contribution in [0.3, 0.4) is 0 Å². The van der Waals surface area contributed by atoms with E-state index >= 15 is 0 Å². The largest absolute Gasteiger partial charge is 0.416 e. The number of amides is 1. The zero-order valence-electron chi connectivity index (χ0n) is 14.5. The van der Waals surface area contributed by atoms with Crippen molar-refractivity contribution in [2.75, 3.05) is 7.05 Å². The topological polar surface area (TPSA) is 33.2 Å². The van der Waals surface area contributed by atoms with Gasteiger partial charge in [0.1, 0.15) is 5.01 Å². The first-order chi connectivity index (χ1) is 12.8. The lowest BCUT2D eigenvalue weighted by Gasteiger charge is -2.15. The molecule has 0 N–H and O–H groups in total. The Morgan fingerprint density at radius 3 is 2.56 bits per heavy atom. The van der Waals surface area contributed by atoms with Gasteiger partial charge >= 0.3 is 6.18 Å². The third-order valence-electron chi connectivity index (χ3n) is 4.86. The molecular weight excluding hydrogens is 373 g/mol. The molecule has 7 heteroatoms. The maximum absolute atomic E-state index is 12.7. The predicted molar refractivity (Wildman–Crippen MR) is 98.4 cm³/mol. The maximum Gasteiger partial charge on any atom is 0.416 e. The maximum atomic E-state index is 12.7. The molecule has 2 atom stereocenters. The Balaban J connectivity index is 1.40. The van der Waals surface area contributed by atoms with Crippen LogP contribution in [-0.4, -0.2) is 22.8 Å². The molecule has 1 aliphatic rings. The number of hydrogen-bond donors (Lipinski definition) is 0. The molecule has 1 amide bonds. The smallest absolute Gasteiger partial charge is 0.339 e. The normalized spacial score (nSPS) is 19.3. The second-order valence-corrected chi connectivity index (χ2v) is 7.95. The number of nitrogens with zero attached hydrogens (tertiary/aromatic N) is 2. The van der Waals surface area contributed by atoms with Crippen LogP contribution >= 0.6 is 11.3 Å². The summed E-state index contributed by atoms with van der Waals surface area (Å²) in [5, 5.41) is 0.874. The molecule has 0 spiro atoms. The van der Waals surface area contributed by atoms with Crippen LogP contribution in [0.1, 0.15) is 28.5 Å². The lowest BCUT2D eigenvalue weighted by Crippen LogP contribution is -2.28. The van der Waals surface area contributed by atoms with Crippen molar-refractivity contribution in [2.24, 2.45) is 5.92 Å². The number of rotatable bonds is 4. The van der Waals surface area contributed by atoms with E-state index in [9.17, 15) is 18.0 Å². The van der Waals surface area contributed by atoms with Crippen LogP contribution in [0.25, 0.3) is 10.2 Å². The van der Waals surface area contributed by atoms with Gasteiger partial charge in [0, 0.05) is 13.0 Å². The van der Waals surface area contributed by atoms with Crippen molar-refractivity contribution in [3.63, 3.8) is 0 Å². The number of aromatic nitrogens is 1. The molecule has 140 valence electrons. The van der Waals surface area contributed by atoms with Crippen LogP contribution in [0, 0.1) is 5.92 Å². The van der Waals surface area contributed by atoms with Gasteiger partial charge in [-0.2, -0.15) is 13.2 Å². The molecule has 2 aromatic carbocycles. The summed E-state index contributed by atoms with van der Waals surface area (Å²) in [6.07, 6.45) is -3.66. The van der Waals surface area contributed by atoms with Crippen molar-refractivity contribution in [3.8, 4) is 0 Å². The van der Waals surface area contributed by atoms with Crippen molar-refractivity contribution < 1.29 is 18.0 Å². The van der Waals surface area contributed by atoms with E-state index in [0.29, 0.717) is 13.0 Å². The number of benzene rings is 2. The van der Waals surface area contributed by atoms with Crippen molar-refractivity contribution in [1.29, 1.82) is 0 Å². The molecule has 1 saturated carbocycles. The van der Waals surface area contributed by atoms with Gasteiger partial charge in [0.25, 0.3) is 0 Å². The van der Waals surface area contributed by atoms with E-state index in [0.717, 1.165) is 32.9 Å². The van der Waals surface area contributed by atoms with Gasteiger partial charge in [0.2, 0.25) is 5.91 Å². The molecule has 0 saturated heterocycles. The Labute approximate surface area is 158 Å². The van der Waals surface area contributed by atoms with Crippen molar-refractivity contribution in [3.05, 3.63) is 64.7 Å². The lowest BCUT2D eigenvalue weighted by atomic mass is 10.1. The Hall–Kier alpha value is -2.41. The molecule has 3 aromatic rings. The molecule has 4 rings (SSSR count). The molecule has 1 aliphatic carbocycles. The average Bonchev–Trinajstić information content (AvgIpc) is 3.33. The minimum atomic E-state index is -4.34. The molecule has 0 aliphatic heterocycles. The van der Waals surface area contributed by atoms with Crippen LogP contribution in [0.4, 0.5) is 13.2 Å². The van der Waals surface area contributed by atoms with Crippen LogP contribution in [0.5, 0.6) is 0 Å². The fraction of sp³-hybridized carbons (Fsp3) is 0.300. The number of fused-ring (bicyclic) bond motifs is 1. The van der Waals surface area contributed by atoms with Gasteiger partial charge in [-0.1, -0.05) is 24.3 Å². The highest BCUT2D eigenvalue weighted by molar-refractivity contribution is 7.18. The summed E-state index contributed by atoms with van der Waals surface area (Å²) in [7, 11) is 1.75. The van der Waals surface area contributed by atoms with E-state index in [4.69, 9.17) is 0 Å². The number of para-hydroxylation sites is 1. The highest BCUT2D eigenvalue weighted by atomic mass is 32.1. The minimum absolute atomic E-state index is 0.00222. The predicted octanol–water partition coefficient (Wildman–Crippen LogP) is 5.08. The quantitative estimate of drug-likeness (QED) is 0.623. The third kappa shape index (κ3) is 3.69. The molecule has 0 radical (unpaired) electrons. The van der Waals surface area contributed by atoms with Gasteiger partial charge in [-0.05, 0) is 42.2 Å². The third-order valence-corrected chi connectivity index (χ3v) is 5.88. The number of hydrogen-bond acceptors (Lipinski definition) is 3. The van der Waals surface area contributed by atoms with Crippen LogP contribution in [0.15, 0.2) is 48.5 Å². The molecule has 1 fully saturated rings. The minimum Gasteiger partial charge on any atom is -0.339 e. The average molecular weight is 390 g/mol. The van der Waals surface area contributed by atoms with Crippen LogP contribution in [0.2, 0.25) is 0 Å². The van der Waals surface area contributed by atoms with Gasteiger partial charge in [0.15, 0.2) is 0 Å². The molecule has 1 aromatic heterocycles. The number of alkyl halides is 3. The Morgan fingerprint density at radius 1 is 1.19 bits per heavy atom. The fourth-order valence-corrected chi connectivity index (χ4v) is 4.33. The summed E-state index contributed by atoms with van der Waals surface area (Å²) >= 11 is 1.56. The highest BCUT2D eigenvalue weighted by Gasteiger charge is 2.45. The van der Waals surface area contributed by atoms with E-state index in [2.05, 4.69) is 4.98 Å². The summed E-state index contributed by atoms with van der Waals surface area (Å²) in [4.78, 5) is 18.9. The van der Waals surface area contributed by atoms with Crippen LogP contribution in [-0.2, 0) is 17.5 Å². The first-order valence-electron chi connectivity index (χ1n) is 8.59. The Bertz CT molecular complexity index is 948. The zero-order valence-corrected chi connectivity index (χ0v) is 15.3. The van der Waals surface area contributed by atoms with Crippen molar-refractivity contribution in [2.45, 2.75) is 25.1 Å². The first kappa shape index (κ1) is 18.0. The van der Waals surface area contributed by atoms with E-state index in [1.54, 1.807) is 23.3 Å². The van der Waals surface area contributed by atoms with Gasteiger partial charge in [-0.3, -0.25) is 4.79 Å². The van der Waals surface area contributed by atoms with Gasteiger partial charge in [0.05, 0.1) is 22.3 Å². The molecule has 3 nitrogen and oxygen atoms in total. The molecule has 2 unspecified atom stereocenters. The molecular formula is C20H17F3N2OS. The van der Waals surface area contributed by atoms with E-state index in [1.807, 2.05) is 24.3 Å². The Kier molecular flexibility index (Phi) is 4.42. The number of thiazole rings is 1. The van der Waals surface area contributed by atoms with Crippen molar-refractivity contribution >= 4 is 27.5 Å². The number of carbonyl (C=O) groups excluding carboxylic acids is 1.